The number of hydrogen-bond donors (Lipinski definition) is 1. The topological polar surface area (TPSA) is 23.2 Å². The zero-order valence-corrected chi connectivity index (χ0v) is 15.6. The first-order chi connectivity index (χ1) is 13.9. The molecule has 0 aliphatic carbocycles. The van der Waals surface area contributed by atoms with E-state index in [2.05, 4.69) is 71.8 Å². The molecule has 0 fully saturated rings. The molecule has 0 aromatic heterocycles. The minimum atomic E-state index is 0.797. The number of benzene rings is 3. The van der Waals surface area contributed by atoms with Crippen molar-refractivity contribution in [3.8, 4) is 0 Å². The number of hydrogen-bond acceptors (Lipinski definition) is 1. The maximum absolute atomic E-state index is 6.21. The molecule has 136 valence electrons. The van der Waals surface area contributed by atoms with E-state index in [4.69, 9.17) is 4.74 Å². The molecule has 1 aliphatic heterocycles. The molecule has 1 aliphatic rings. The van der Waals surface area contributed by atoms with E-state index >= 15 is 0 Å². The predicted molar refractivity (Wildman–Crippen MR) is 115 cm³/mol. The summed E-state index contributed by atoms with van der Waals surface area (Å²) in [5.74, 6) is 1.70. The van der Waals surface area contributed by atoms with Crippen LogP contribution in [-0.4, -0.2) is 6.21 Å². The van der Waals surface area contributed by atoms with Gasteiger partial charge in [0.05, 0.1) is 0 Å². The van der Waals surface area contributed by atoms with E-state index in [-0.39, 0.29) is 0 Å². The van der Waals surface area contributed by atoms with Gasteiger partial charge in [0.1, 0.15) is 11.5 Å². The summed E-state index contributed by atoms with van der Waals surface area (Å²) in [6, 6.07) is 30.7. The molecule has 2 heteroatoms. The predicted octanol–water partition coefficient (Wildman–Crippen LogP) is 4.38. The molecule has 0 saturated heterocycles. The van der Waals surface area contributed by atoms with Gasteiger partial charge in [0.25, 0.3) is 0 Å². The van der Waals surface area contributed by atoms with E-state index in [1.807, 2.05) is 48.7 Å². The van der Waals surface area contributed by atoms with Crippen LogP contribution in [0.3, 0.4) is 0 Å². The van der Waals surface area contributed by atoms with Crippen LogP contribution >= 0.6 is 0 Å². The number of allylic oxidation sites excluding steroid dienone is 4. The lowest BCUT2D eigenvalue weighted by Gasteiger charge is -2.18. The van der Waals surface area contributed by atoms with E-state index in [9.17, 15) is 0 Å². The van der Waals surface area contributed by atoms with Crippen molar-refractivity contribution in [2.24, 2.45) is 0 Å². The molecule has 2 nitrogen and oxygen atoms in total. The van der Waals surface area contributed by atoms with Crippen LogP contribution in [0.4, 0.5) is 0 Å². The molecule has 0 atom stereocenters. The van der Waals surface area contributed by atoms with Crippen molar-refractivity contribution < 1.29 is 9.73 Å². The molecule has 0 spiro atoms. The highest BCUT2D eigenvalue weighted by Gasteiger charge is 2.14. The van der Waals surface area contributed by atoms with Gasteiger partial charge in [-0.05, 0) is 17.7 Å². The lowest BCUT2D eigenvalue weighted by Crippen LogP contribution is -2.66. The maximum atomic E-state index is 6.21. The largest absolute Gasteiger partial charge is 0.456 e. The Labute approximate surface area is 165 Å². The van der Waals surface area contributed by atoms with Crippen LogP contribution < -0.4 is 4.99 Å². The number of ether oxygens (including phenoxy) is 1. The van der Waals surface area contributed by atoms with Crippen LogP contribution in [0.25, 0.3) is 11.5 Å². The van der Waals surface area contributed by atoms with Gasteiger partial charge in [-0.15, -0.1) is 0 Å². The summed E-state index contributed by atoms with van der Waals surface area (Å²) in [6.45, 7) is 0.797. The molecular formula is C26H22NO+. The van der Waals surface area contributed by atoms with Gasteiger partial charge in [-0.25, -0.2) is 4.99 Å². The van der Waals surface area contributed by atoms with Gasteiger partial charge < -0.3 is 4.74 Å². The fraction of sp³-hybridized carbons (Fsp3) is 0.0385. The van der Waals surface area contributed by atoms with Gasteiger partial charge in [-0.3, -0.25) is 0 Å². The van der Waals surface area contributed by atoms with E-state index in [1.165, 1.54) is 5.56 Å². The summed E-state index contributed by atoms with van der Waals surface area (Å²) in [5, 5.41) is 0. The van der Waals surface area contributed by atoms with Gasteiger partial charge in [0.15, 0.2) is 12.8 Å². The Kier molecular flexibility index (Phi) is 5.60. The molecule has 1 N–H and O–H groups in total. The quantitative estimate of drug-likeness (QED) is 0.668. The third kappa shape index (κ3) is 4.54. The van der Waals surface area contributed by atoms with Crippen molar-refractivity contribution in [2.45, 2.75) is 6.54 Å². The summed E-state index contributed by atoms with van der Waals surface area (Å²) in [7, 11) is 0. The third-order valence-electron chi connectivity index (χ3n) is 4.47. The molecular weight excluding hydrogens is 342 g/mol. The van der Waals surface area contributed by atoms with Crippen LogP contribution in [0.15, 0.2) is 115 Å². The second kappa shape index (κ2) is 8.83. The van der Waals surface area contributed by atoms with E-state index in [1.54, 1.807) is 0 Å². The van der Waals surface area contributed by atoms with Crippen LogP contribution in [0.2, 0.25) is 0 Å². The van der Waals surface area contributed by atoms with Crippen LogP contribution in [0.5, 0.6) is 0 Å². The van der Waals surface area contributed by atoms with Crippen LogP contribution in [0, 0.1) is 0 Å². The molecule has 0 bridgehead atoms. The molecule has 28 heavy (non-hydrogen) atoms. The lowest BCUT2D eigenvalue weighted by molar-refractivity contribution is -0.469. The lowest BCUT2D eigenvalue weighted by atomic mass is 10.0. The van der Waals surface area contributed by atoms with Crippen LogP contribution in [0.1, 0.15) is 16.7 Å². The van der Waals surface area contributed by atoms with Gasteiger partial charge in [0, 0.05) is 22.8 Å². The van der Waals surface area contributed by atoms with E-state index in [0.717, 1.165) is 34.8 Å². The first-order valence-corrected chi connectivity index (χ1v) is 9.41. The van der Waals surface area contributed by atoms with Crippen molar-refractivity contribution in [2.75, 3.05) is 0 Å². The summed E-state index contributed by atoms with van der Waals surface area (Å²) < 4.78 is 6.21. The summed E-state index contributed by atoms with van der Waals surface area (Å²) in [4.78, 5) is 3.36. The van der Waals surface area contributed by atoms with Crippen molar-refractivity contribution in [1.29, 1.82) is 0 Å². The SMILES string of the molecule is C(C=C1C=C(c2ccccc2)OC(c2ccccc2)=C1)=[NH+]Cc1ccccc1. The molecule has 0 saturated carbocycles. The normalized spacial score (nSPS) is 13.6. The Balaban J connectivity index is 1.61. The molecule has 0 amide bonds. The van der Waals surface area contributed by atoms with E-state index < -0.39 is 0 Å². The molecule has 0 unspecified atom stereocenters. The summed E-state index contributed by atoms with van der Waals surface area (Å²) in [6.07, 6.45) is 8.22. The molecule has 3 aromatic rings. The van der Waals surface area contributed by atoms with Crippen LogP contribution in [-0.2, 0) is 11.3 Å². The Morgan fingerprint density at radius 2 is 1.14 bits per heavy atom. The van der Waals surface area contributed by atoms with Gasteiger partial charge in [-0.2, -0.15) is 0 Å². The van der Waals surface area contributed by atoms with Gasteiger partial charge >= 0.3 is 0 Å². The highest BCUT2D eigenvalue weighted by atomic mass is 16.5. The molecule has 0 radical (unpaired) electrons. The highest BCUT2D eigenvalue weighted by molar-refractivity contribution is 5.80. The van der Waals surface area contributed by atoms with Crippen molar-refractivity contribution in [3.05, 3.63) is 131 Å². The number of rotatable bonds is 5. The first-order valence-electron chi connectivity index (χ1n) is 9.41. The van der Waals surface area contributed by atoms with Gasteiger partial charge in [0.2, 0.25) is 0 Å². The van der Waals surface area contributed by atoms with Crippen molar-refractivity contribution >= 4 is 17.7 Å². The highest BCUT2D eigenvalue weighted by Crippen LogP contribution is 2.31. The fourth-order valence-corrected chi connectivity index (χ4v) is 3.04. The zero-order valence-electron chi connectivity index (χ0n) is 15.6. The Hall–Kier alpha value is -3.65. The maximum Gasteiger partial charge on any atom is 0.166 e. The zero-order chi connectivity index (χ0) is 19.0. The summed E-state index contributed by atoms with van der Waals surface area (Å²) in [5.41, 5.74) is 4.47. The average molecular weight is 364 g/mol. The molecule has 3 aromatic carbocycles. The minimum Gasteiger partial charge on any atom is -0.456 e. The Morgan fingerprint density at radius 1 is 0.643 bits per heavy atom. The van der Waals surface area contributed by atoms with Crippen molar-refractivity contribution in [1.82, 2.24) is 0 Å². The smallest absolute Gasteiger partial charge is 0.166 e. The standard InChI is InChI=1S/C26H21NO/c1-4-10-21(11-5-1)20-27-17-16-22-18-25(23-12-6-2-7-13-23)28-26(19-22)24-14-8-3-9-15-24/h1-19H,20H2/p+1. The first kappa shape index (κ1) is 17.7. The minimum absolute atomic E-state index is 0.797. The van der Waals surface area contributed by atoms with Crippen molar-refractivity contribution in [3.63, 3.8) is 0 Å². The summed E-state index contributed by atoms with van der Waals surface area (Å²) >= 11 is 0. The second-order valence-corrected chi connectivity index (χ2v) is 6.55. The van der Waals surface area contributed by atoms with Gasteiger partial charge in [-0.1, -0.05) is 91.0 Å². The molecule has 1 heterocycles. The molecule has 4 rings (SSSR count). The van der Waals surface area contributed by atoms with E-state index in [0.29, 0.717) is 0 Å². The number of nitrogens with one attached hydrogen (secondary N) is 1. The average Bonchev–Trinajstić information content (AvgIpc) is 2.78. The Morgan fingerprint density at radius 3 is 1.68 bits per heavy atom. The second-order valence-electron chi connectivity index (χ2n) is 6.55. The fourth-order valence-electron chi connectivity index (χ4n) is 3.04. The Bertz CT molecular complexity index is 972. The monoisotopic (exact) mass is 364 g/mol. The third-order valence-corrected chi connectivity index (χ3v) is 4.47.